The van der Waals surface area contributed by atoms with Crippen LogP contribution >= 0.6 is 0 Å². The van der Waals surface area contributed by atoms with E-state index in [9.17, 15) is 0 Å². The Kier molecular flexibility index (Phi) is 8.44. The van der Waals surface area contributed by atoms with Gasteiger partial charge in [-0.15, -0.1) is 0 Å². The van der Waals surface area contributed by atoms with Crippen molar-refractivity contribution in [3.63, 3.8) is 0 Å². The van der Waals surface area contributed by atoms with Crippen molar-refractivity contribution in [2.24, 2.45) is 0 Å². The van der Waals surface area contributed by atoms with E-state index in [1.807, 2.05) is 0 Å². The molecule has 0 fully saturated rings. The van der Waals surface area contributed by atoms with Crippen molar-refractivity contribution in [3.8, 4) is 0 Å². The van der Waals surface area contributed by atoms with Crippen LogP contribution in [0.2, 0.25) is 0 Å². The van der Waals surface area contributed by atoms with Crippen LogP contribution in [0.4, 0.5) is 0 Å². The van der Waals surface area contributed by atoms with Crippen molar-refractivity contribution < 1.29 is 13.3 Å². The number of rotatable bonds is 0. The van der Waals surface area contributed by atoms with Gasteiger partial charge < -0.3 is 0 Å². The van der Waals surface area contributed by atoms with E-state index < -0.39 is 11.4 Å². The quantitative estimate of drug-likeness (QED) is 0.324. The van der Waals surface area contributed by atoms with E-state index in [-0.39, 0.29) is 17.6 Å². The SMILES string of the molecule is O=S(O)O.[GeH4]. The van der Waals surface area contributed by atoms with Crippen LogP contribution < -0.4 is 0 Å². The molecule has 0 rings (SSSR count). The molecule has 0 bridgehead atoms. The maximum atomic E-state index is 8.67. The van der Waals surface area contributed by atoms with Gasteiger partial charge in [0, 0.05) is 0 Å². The molecule has 5 heavy (non-hydrogen) atoms. The second-order valence-electron chi connectivity index (χ2n) is 0.231. The Hall–Kier alpha value is 0.613. The van der Waals surface area contributed by atoms with Gasteiger partial charge in [0.2, 0.25) is 0 Å². The number of hydrogen-bond donors (Lipinski definition) is 2. The van der Waals surface area contributed by atoms with Crippen LogP contribution in [-0.2, 0) is 11.4 Å². The van der Waals surface area contributed by atoms with Crippen molar-refractivity contribution in [3.05, 3.63) is 0 Å². The fraction of sp³-hybridized carbons (Fsp3) is 0. The topological polar surface area (TPSA) is 57.5 Å². The monoisotopic (exact) mass is 160 g/mol. The van der Waals surface area contributed by atoms with Gasteiger partial charge in [0.1, 0.15) is 0 Å². The Bertz CT molecular complexity index is 29.9. The zero-order valence-electron chi connectivity index (χ0n) is 1.71. The summed E-state index contributed by atoms with van der Waals surface area (Å²) in [6.07, 6.45) is 0. The van der Waals surface area contributed by atoms with Crippen LogP contribution in [0.25, 0.3) is 0 Å². The molecule has 0 amide bonds. The van der Waals surface area contributed by atoms with Crippen LogP contribution in [0.1, 0.15) is 0 Å². The van der Waals surface area contributed by atoms with E-state index in [1.165, 1.54) is 0 Å². The van der Waals surface area contributed by atoms with E-state index >= 15 is 0 Å². The van der Waals surface area contributed by atoms with Crippen LogP contribution in [0, 0.1) is 0 Å². The van der Waals surface area contributed by atoms with Gasteiger partial charge >= 0.3 is 17.6 Å². The predicted octanol–water partition coefficient (Wildman–Crippen LogP) is -1.77. The number of hydrogen-bond acceptors (Lipinski definition) is 1. The summed E-state index contributed by atoms with van der Waals surface area (Å²) < 4.78 is 22.8. The fourth-order valence-electron chi connectivity index (χ4n) is 0. The summed E-state index contributed by atoms with van der Waals surface area (Å²) in [5.74, 6) is 0. The van der Waals surface area contributed by atoms with Gasteiger partial charge in [-0.25, -0.2) is 0 Å². The van der Waals surface area contributed by atoms with Gasteiger partial charge in [-0.3, -0.25) is 9.11 Å². The molecule has 2 N–H and O–H groups in total. The molecular formula is H6GeO3S. The van der Waals surface area contributed by atoms with Crippen LogP contribution in [0.5, 0.6) is 0 Å². The van der Waals surface area contributed by atoms with Crippen molar-refractivity contribution in [2.45, 2.75) is 0 Å². The first kappa shape index (κ1) is 9.15. The van der Waals surface area contributed by atoms with Gasteiger partial charge in [0.15, 0.2) is 0 Å². The van der Waals surface area contributed by atoms with E-state index in [0.717, 1.165) is 0 Å². The Morgan fingerprint density at radius 3 is 1.40 bits per heavy atom. The molecule has 0 atom stereocenters. The molecule has 0 aromatic carbocycles. The van der Waals surface area contributed by atoms with Crippen LogP contribution in [0.15, 0.2) is 0 Å². The van der Waals surface area contributed by atoms with Crippen molar-refractivity contribution in [1.82, 2.24) is 0 Å². The molecule has 0 aliphatic rings. The molecule has 0 aliphatic heterocycles. The molecule has 0 unspecified atom stereocenters. The van der Waals surface area contributed by atoms with E-state index in [2.05, 4.69) is 0 Å². The third kappa shape index (κ3) is 83.8. The van der Waals surface area contributed by atoms with Crippen LogP contribution in [-0.4, -0.2) is 30.9 Å². The molecule has 0 saturated heterocycles. The second kappa shape index (κ2) is 4.61. The first-order chi connectivity index (χ1) is 1.73. The molecule has 0 aliphatic carbocycles. The standard InChI is InChI=1S/GeH4.H2O3S/c;1-4(2)3/h1H4;(H2,1,2,3). The van der Waals surface area contributed by atoms with Crippen LogP contribution in [0.3, 0.4) is 0 Å². The van der Waals surface area contributed by atoms with Gasteiger partial charge in [-0.05, 0) is 0 Å². The fourth-order valence-corrected chi connectivity index (χ4v) is 0. The average molecular weight is 159 g/mol. The summed E-state index contributed by atoms with van der Waals surface area (Å²) in [5, 5.41) is 0. The molecule has 5 heteroatoms. The third-order valence-corrected chi connectivity index (χ3v) is 0. The summed E-state index contributed by atoms with van der Waals surface area (Å²) in [6, 6.07) is 0. The average Bonchev–Trinajstić information content (AvgIpc) is 0.811. The molecule has 34 valence electrons. The third-order valence-electron chi connectivity index (χ3n) is 0. The van der Waals surface area contributed by atoms with Crippen molar-refractivity contribution >= 4 is 29.0 Å². The van der Waals surface area contributed by atoms with Gasteiger partial charge in [0.25, 0.3) is 11.4 Å². The predicted molar refractivity (Wildman–Crippen MR) is 24.7 cm³/mol. The summed E-state index contributed by atoms with van der Waals surface area (Å²) in [4.78, 5) is 0. The van der Waals surface area contributed by atoms with E-state index in [1.54, 1.807) is 0 Å². The summed E-state index contributed by atoms with van der Waals surface area (Å²) in [6.45, 7) is 0. The molecule has 0 heterocycles. The first-order valence-corrected chi connectivity index (χ1v) is 1.60. The molecule has 0 spiro atoms. The summed E-state index contributed by atoms with van der Waals surface area (Å²) in [5.41, 5.74) is 0. The van der Waals surface area contributed by atoms with Crippen molar-refractivity contribution in [2.75, 3.05) is 0 Å². The molecule has 0 radical (unpaired) electrons. The summed E-state index contributed by atoms with van der Waals surface area (Å²) in [7, 11) is 0. The van der Waals surface area contributed by atoms with Gasteiger partial charge in [-0.1, -0.05) is 0 Å². The molecule has 0 saturated carbocycles. The molecular weight excluding hydrogens is 153 g/mol. The Labute approximate surface area is 42.9 Å². The minimum absolute atomic E-state index is 0. The normalized spacial score (nSPS) is 7.00. The zero-order chi connectivity index (χ0) is 3.58. The molecule has 0 aromatic rings. The second-order valence-corrected chi connectivity index (χ2v) is 0.692. The Balaban J connectivity index is 0. The van der Waals surface area contributed by atoms with Crippen molar-refractivity contribution in [1.29, 1.82) is 0 Å². The first-order valence-electron chi connectivity index (χ1n) is 0.532. The molecule has 3 nitrogen and oxygen atoms in total. The minimum atomic E-state index is -2.61. The van der Waals surface area contributed by atoms with Gasteiger partial charge in [-0.2, -0.15) is 4.21 Å². The van der Waals surface area contributed by atoms with E-state index in [4.69, 9.17) is 13.3 Å². The zero-order valence-corrected chi connectivity index (χ0v) is 2.53. The summed E-state index contributed by atoms with van der Waals surface area (Å²) >= 11 is -2.61. The van der Waals surface area contributed by atoms with E-state index in [0.29, 0.717) is 0 Å². The Morgan fingerprint density at radius 2 is 1.40 bits per heavy atom. The molecule has 0 aromatic heterocycles. The maximum absolute atomic E-state index is 8.67. The Morgan fingerprint density at radius 1 is 1.40 bits per heavy atom. The van der Waals surface area contributed by atoms with Gasteiger partial charge in [0.05, 0.1) is 0 Å².